The number of amides is 1. The molecular formula is C16H23N3O2. The average Bonchev–Trinajstić information content (AvgIpc) is 2.48. The molecule has 2 aliphatic rings. The van der Waals surface area contributed by atoms with E-state index >= 15 is 0 Å². The Morgan fingerprint density at radius 1 is 1.33 bits per heavy atom. The van der Waals surface area contributed by atoms with Crippen molar-refractivity contribution in [2.45, 2.75) is 19.8 Å². The maximum atomic E-state index is 12.5. The zero-order valence-electron chi connectivity index (χ0n) is 12.5. The van der Waals surface area contributed by atoms with Gasteiger partial charge in [0.05, 0.1) is 18.8 Å². The molecule has 5 nitrogen and oxygen atoms in total. The summed E-state index contributed by atoms with van der Waals surface area (Å²) in [6.07, 6.45) is 2.22. The van der Waals surface area contributed by atoms with Gasteiger partial charge in [-0.15, -0.1) is 0 Å². The van der Waals surface area contributed by atoms with Crippen LogP contribution in [-0.2, 0) is 4.79 Å². The van der Waals surface area contributed by atoms with E-state index < -0.39 is 0 Å². The number of fused-ring (bicyclic) bond motifs is 1. The molecule has 2 aliphatic heterocycles. The lowest BCUT2D eigenvalue weighted by Crippen LogP contribution is -2.45. The van der Waals surface area contributed by atoms with Gasteiger partial charge in [-0.3, -0.25) is 4.79 Å². The third-order valence-corrected chi connectivity index (χ3v) is 4.40. The van der Waals surface area contributed by atoms with Crippen LogP contribution < -0.4 is 15.4 Å². The predicted octanol–water partition coefficient (Wildman–Crippen LogP) is 1.73. The molecule has 5 heteroatoms. The van der Waals surface area contributed by atoms with Crippen molar-refractivity contribution < 1.29 is 9.53 Å². The first-order valence-corrected chi connectivity index (χ1v) is 7.68. The number of carbonyl (C=O) groups is 1. The normalized spacial score (nSPS) is 19.1. The molecule has 21 heavy (non-hydrogen) atoms. The lowest BCUT2D eigenvalue weighted by atomic mass is 9.99. The maximum absolute atomic E-state index is 12.5. The van der Waals surface area contributed by atoms with Crippen molar-refractivity contribution in [2.75, 3.05) is 43.4 Å². The van der Waals surface area contributed by atoms with E-state index in [2.05, 4.69) is 11.8 Å². The molecule has 0 saturated carbocycles. The van der Waals surface area contributed by atoms with Gasteiger partial charge >= 0.3 is 0 Å². The molecule has 0 aliphatic carbocycles. The lowest BCUT2D eigenvalue weighted by Gasteiger charge is -2.35. The summed E-state index contributed by atoms with van der Waals surface area (Å²) in [4.78, 5) is 16.5. The van der Waals surface area contributed by atoms with Gasteiger partial charge < -0.3 is 20.3 Å². The minimum absolute atomic E-state index is 0.206. The van der Waals surface area contributed by atoms with Crippen LogP contribution in [0.5, 0.6) is 5.75 Å². The number of ether oxygens (including phenoxy) is 1. The number of benzene rings is 1. The quantitative estimate of drug-likeness (QED) is 0.842. The second kappa shape index (κ2) is 5.84. The van der Waals surface area contributed by atoms with Crippen LogP contribution in [0.3, 0.4) is 0 Å². The molecular weight excluding hydrogens is 266 g/mol. The summed E-state index contributed by atoms with van der Waals surface area (Å²) < 4.78 is 5.63. The molecule has 3 rings (SSSR count). The number of anilines is 2. The summed E-state index contributed by atoms with van der Waals surface area (Å²) >= 11 is 0. The standard InChI is InChI=1S/C16H23N3O2/c1-12-4-6-18(7-5-12)16(20)11-19-8-9-21-15-3-2-13(17)10-14(15)19/h2-3,10,12H,4-9,11,17H2,1H3. The Kier molecular flexibility index (Phi) is 3.90. The van der Waals surface area contributed by atoms with E-state index in [0.717, 1.165) is 49.8 Å². The SMILES string of the molecule is CC1CCN(C(=O)CN2CCOc3ccc(N)cc32)CC1. The van der Waals surface area contributed by atoms with Gasteiger partial charge in [0.25, 0.3) is 0 Å². The molecule has 1 saturated heterocycles. The van der Waals surface area contributed by atoms with Crippen LogP contribution in [0, 0.1) is 5.92 Å². The Bertz CT molecular complexity index is 524. The summed E-state index contributed by atoms with van der Waals surface area (Å²) in [6.45, 7) is 5.77. The smallest absolute Gasteiger partial charge is 0.242 e. The van der Waals surface area contributed by atoms with Crippen molar-refractivity contribution in [3.63, 3.8) is 0 Å². The molecule has 1 aromatic carbocycles. The monoisotopic (exact) mass is 289 g/mol. The first kappa shape index (κ1) is 14.0. The number of nitrogens with two attached hydrogens (primary N) is 1. The van der Waals surface area contributed by atoms with Gasteiger partial charge in [-0.1, -0.05) is 6.92 Å². The third-order valence-electron chi connectivity index (χ3n) is 4.40. The van der Waals surface area contributed by atoms with Crippen molar-refractivity contribution in [3.8, 4) is 5.75 Å². The van der Waals surface area contributed by atoms with Crippen LogP contribution in [-0.4, -0.2) is 43.6 Å². The zero-order valence-corrected chi connectivity index (χ0v) is 12.5. The Morgan fingerprint density at radius 2 is 2.10 bits per heavy atom. The number of nitrogen functional groups attached to an aromatic ring is 1. The molecule has 2 N–H and O–H groups in total. The summed E-state index contributed by atoms with van der Waals surface area (Å²) in [6, 6.07) is 5.60. The summed E-state index contributed by atoms with van der Waals surface area (Å²) in [5.74, 6) is 1.76. The van der Waals surface area contributed by atoms with Crippen LogP contribution in [0.15, 0.2) is 18.2 Å². The topological polar surface area (TPSA) is 58.8 Å². The highest BCUT2D eigenvalue weighted by Gasteiger charge is 2.25. The van der Waals surface area contributed by atoms with E-state index in [-0.39, 0.29) is 5.91 Å². The highest BCUT2D eigenvalue weighted by atomic mass is 16.5. The zero-order chi connectivity index (χ0) is 14.8. The molecule has 1 aromatic rings. The Labute approximate surface area is 125 Å². The van der Waals surface area contributed by atoms with Crippen LogP contribution in [0.25, 0.3) is 0 Å². The fraction of sp³-hybridized carbons (Fsp3) is 0.562. The molecule has 0 aromatic heterocycles. The molecule has 1 fully saturated rings. The third kappa shape index (κ3) is 3.06. The van der Waals surface area contributed by atoms with Crippen LogP contribution >= 0.6 is 0 Å². The average molecular weight is 289 g/mol. The number of nitrogens with zero attached hydrogens (tertiary/aromatic N) is 2. The highest BCUT2D eigenvalue weighted by molar-refractivity contribution is 5.83. The van der Waals surface area contributed by atoms with E-state index in [1.807, 2.05) is 23.1 Å². The first-order valence-electron chi connectivity index (χ1n) is 7.68. The summed E-state index contributed by atoms with van der Waals surface area (Å²) in [5.41, 5.74) is 7.48. The fourth-order valence-corrected chi connectivity index (χ4v) is 2.98. The van der Waals surface area contributed by atoms with Crippen LogP contribution in [0.1, 0.15) is 19.8 Å². The van der Waals surface area contributed by atoms with Crippen molar-refractivity contribution in [3.05, 3.63) is 18.2 Å². The van der Waals surface area contributed by atoms with E-state index in [1.165, 1.54) is 0 Å². The molecule has 1 amide bonds. The molecule has 0 radical (unpaired) electrons. The van der Waals surface area contributed by atoms with Crippen molar-refractivity contribution in [2.24, 2.45) is 5.92 Å². The van der Waals surface area contributed by atoms with Gasteiger partial charge in [-0.05, 0) is 37.0 Å². The van der Waals surface area contributed by atoms with Crippen LogP contribution in [0.2, 0.25) is 0 Å². The first-order chi connectivity index (χ1) is 10.1. The largest absolute Gasteiger partial charge is 0.490 e. The van der Waals surface area contributed by atoms with Crippen molar-refractivity contribution in [1.82, 2.24) is 4.90 Å². The van der Waals surface area contributed by atoms with E-state index in [1.54, 1.807) is 0 Å². The number of rotatable bonds is 2. The number of piperidine rings is 1. The lowest BCUT2D eigenvalue weighted by molar-refractivity contribution is -0.131. The molecule has 0 bridgehead atoms. The van der Waals surface area contributed by atoms with Gasteiger partial charge in [-0.2, -0.15) is 0 Å². The second-order valence-corrected chi connectivity index (χ2v) is 6.06. The number of likely N-dealkylation sites (tertiary alicyclic amines) is 1. The minimum atomic E-state index is 0.206. The van der Waals surface area contributed by atoms with Gasteiger partial charge in [0.2, 0.25) is 5.91 Å². The van der Waals surface area contributed by atoms with Gasteiger partial charge in [0.15, 0.2) is 0 Å². The molecule has 114 valence electrons. The summed E-state index contributed by atoms with van der Waals surface area (Å²) in [7, 11) is 0. The predicted molar refractivity (Wildman–Crippen MR) is 83.5 cm³/mol. The maximum Gasteiger partial charge on any atom is 0.242 e. The Morgan fingerprint density at radius 3 is 2.86 bits per heavy atom. The molecule has 0 spiro atoms. The fourth-order valence-electron chi connectivity index (χ4n) is 2.98. The molecule has 2 heterocycles. The van der Waals surface area contributed by atoms with E-state index in [0.29, 0.717) is 18.8 Å². The number of hydrogen-bond acceptors (Lipinski definition) is 4. The number of carbonyl (C=O) groups excluding carboxylic acids is 1. The van der Waals surface area contributed by atoms with Gasteiger partial charge in [0.1, 0.15) is 12.4 Å². The Hall–Kier alpha value is -1.91. The van der Waals surface area contributed by atoms with Gasteiger partial charge in [0, 0.05) is 18.8 Å². The van der Waals surface area contributed by atoms with Crippen molar-refractivity contribution in [1.29, 1.82) is 0 Å². The van der Waals surface area contributed by atoms with Gasteiger partial charge in [-0.25, -0.2) is 0 Å². The molecule has 0 atom stereocenters. The number of hydrogen-bond donors (Lipinski definition) is 1. The van der Waals surface area contributed by atoms with Crippen LogP contribution in [0.4, 0.5) is 11.4 Å². The van der Waals surface area contributed by atoms with E-state index in [9.17, 15) is 4.79 Å². The highest BCUT2D eigenvalue weighted by Crippen LogP contribution is 2.33. The van der Waals surface area contributed by atoms with Crippen molar-refractivity contribution >= 4 is 17.3 Å². The Balaban J connectivity index is 1.68. The van der Waals surface area contributed by atoms with E-state index in [4.69, 9.17) is 10.5 Å². The summed E-state index contributed by atoms with van der Waals surface area (Å²) in [5, 5.41) is 0. The molecule has 0 unspecified atom stereocenters. The second-order valence-electron chi connectivity index (χ2n) is 6.06. The minimum Gasteiger partial charge on any atom is -0.490 e.